The van der Waals surface area contributed by atoms with Gasteiger partial charge in [-0.15, -0.1) is 0 Å². The minimum Gasteiger partial charge on any atom is -0.493 e. The van der Waals surface area contributed by atoms with Gasteiger partial charge in [-0.3, -0.25) is 0 Å². The fraction of sp³-hybridized carbons (Fsp3) is 0.176. The van der Waals surface area contributed by atoms with Crippen molar-refractivity contribution >= 4 is 5.97 Å². The molecule has 0 radical (unpaired) electrons. The molecule has 0 heterocycles. The third-order valence-electron chi connectivity index (χ3n) is 3.33. The van der Waals surface area contributed by atoms with Gasteiger partial charge >= 0.3 is 5.97 Å². The number of hydrogen-bond acceptors (Lipinski definition) is 4. The van der Waals surface area contributed by atoms with Crippen LogP contribution in [-0.4, -0.2) is 25.3 Å². The van der Waals surface area contributed by atoms with Gasteiger partial charge in [0.1, 0.15) is 6.07 Å². The second-order valence-corrected chi connectivity index (χ2v) is 4.59. The molecule has 1 N–H and O–H groups in total. The molecule has 2 aromatic carbocycles. The predicted molar refractivity (Wildman–Crippen MR) is 80.5 cm³/mol. The quantitative estimate of drug-likeness (QED) is 0.918. The van der Waals surface area contributed by atoms with E-state index in [-0.39, 0.29) is 11.1 Å². The van der Waals surface area contributed by atoms with E-state index in [2.05, 4.69) is 0 Å². The monoisotopic (exact) mass is 297 g/mol. The summed E-state index contributed by atoms with van der Waals surface area (Å²) in [5, 5.41) is 18.7. The summed E-state index contributed by atoms with van der Waals surface area (Å²) in [4.78, 5) is 11.4. The first-order chi connectivity index (χ1) is 10.6. The minimum atomic E-state index is -1.17. The standard InChI is InChI=1S/C17H15NO4/c1-21-15-9-13(17(19)20)14(10-18)12(16(15)22-2)8-11-6-4-3-5-7-11/h3-7,9H,8H2,1-2H3,(H,19,20). The Morgan fingerprint density at radius 3 is 2.41 bits per heavy atom. The zero-order chi connectivity index (χ0) is 16.1. The third-order valence-corrected chi connectivity index (χ3v) is 3.33. The van der Waals surface area contributed by atoms with Crippen LogP contribution in [0.15, 0.2) is 36.4 Å². The van der Waals surface area contributed by atoms with E-state index >= 15 is 0 Å². The average molecular weight is 297 g/mol. The lowest BCUT2D eigenvalue weighted by Gasteiger charge is -2.16. The molecule has 0 aliphatic carbocycles. The van der Waals surface area contributed by atoms with Gasteiger partial charge in [-0.05, 0) is 11.6 Å². The van der Waals surface area contributed by atoms with Gasteiger partial charge < -0.3 is 14.6 Å². The first-order valence-electron chi connectivity index (χ1n) is 6.57. The second kappa shape index (κ2) is 6.64. The summed E-state index contributed by atoms with van der Waals surface area (Å²) >= 11 is 0. The normalized spacial score (nSPS) is 9.86. The molecular weight excluding hydrogens is 282 g/mol. The van der Waals surface area contributed by atoms with Gasteiger partial charge in [0.15, 0.2) is 11.5 Å². The van der Waals surface area contributed by atoms with Crippen LogP contribution < -0.4 is 9.47 Å². The van der Waals surface area contributed by atoms with Gasteiger partial charge in [0, 0.05) is 12.0 Å². The number of nitrogens with zero attached hydrogens (tertiary/aromatic N) is 1. The average Bonchev–Trinajstić information content (AvgIpc) is 2.54. The lowest BCUT2D eigenvalue weighted by molar-refractivity contribution is 0.0696. The first kappa shape index (κ1) is 15.4. The first-order valence-corrected chi connectivity index (χ1v) is 6.57. The molecule has 0 saturated carbocycles. The number of hydrogen-bond donors (Lipinski definition) is 1. The van der Waals surface area contributed by atoms with Crippen LogP contribution in [0.1, 0.15) is 27.0 Å². The van der Waals surface area contributed by atoms with Crippen molar-refractivity contribution in [2.45, 2.75) is 6.42 Å². The number of ether oxygens (including phenoxy) is 2. The smallest absolute Gasteiger partial charge is 0.337 e. The van der Waals surface area contributed by atoms with E-state index in [0.717, 1.165) is 5.56 Å². The van der Waals surface area contributed by atoms with Crippen LogP contribution in [0.4, 0.5) is 0 Å². The Balaban J connectivity index is 2.70. The Bertz CT molecular complexity index is 733. The molecule has 0 fully saturated rings. The number of rotatable bonds is 5. The SMILES string of the molecule is COc1cc(C(=O)O)c(C#N)c(Cc2ccccc2)c1OC. The molecule has 0 spiro atoms. The van der Waals surface area contributed by atoms with Crippen molar-refractivity contribution in [1.82, 2.24) is 0 Å². The molecule has 22 heavy (non-hydrogen) atoms. The summed E-state index contributed by atoms with van der Waals surface area (Å²) in [5.74, 6) is -0.496. The van der Waals surface area contributed by atoms with Gasteiger partial charge in [0.2, 0.25) is 0 Å². The molecule has 2 aromatic rings. The molecule has 0 amide bonds. The molecule has 112 valence electrons. The highest BCUT2D eigenvalue weighted by atomic mass is 16.5. The largest absolute Gasteiger partial charge is 0.493 e. The topological polar surface area (TPSA) is 79.5 Å². The van der Waals surface area contributed by atoms with E-state index in [0.29, 0.717) is 23.5 Å². The van der Waals surface area contributed by atoms with Gasteiger partial charge in [-0.2, -0.15) is 5.26 Å². The summed E-state index contributed by atoms with van der Waals surface area (Å²) in [6.07, 6.45) is 0.379. The highest BCUT2D eigenvalue weighted by Crippen LogP contribution is 2.37. The van der Waals surface area contributed by atoms with Crippen LogP contribution in [0.3, 0.4) is 0 Å². The van der Waals surface area contributed by atoms with Crippen molar-refractivity contribution in [3.8, 4) is 17.6 Å². The van der Waals surface area contributed by atoms with E-state index in [9.17, 15) is 15.2 Å². The van der Waals surface area contributed by atoms with Gasteiger partial charge in [0.05, 0.1) is 25.3 Å². The Kier molecular flexibility index (Phi) is 4.64. The van der Waals surface area contributed by atoms with Crippen LogP contribution in [0, 0.1) is 11.3 Å². The second-order valence-electron chi connectivity index (χ2n) is 4.59. The fourth-order valence-corrected chi connectivity index (χ4v) is 2.33. The highest BCUT2D eigenvalue weighted by Gasteiger charge is 2.23. The maximum Gasteiger partial charge on any atom is 0.337 e. The van der Waals surface area contributed by atoms with E-state index in [1.165, 1.54) is 20.3 Å². The van der Waals surface area contributed by atoms with Crippen LogP contribution in [0.25, 0.3) is 0 Å². The van der Waals surface area contributed by atoms with Crippen molar-refractivity contribution in [3.05, 3.63) is 58.7 Å². The number of benzene rings is 2. The lowest BCUT2D eigenvalue weighted by Crippen LogP contribution is -2.08. The summed E-state index contributed by atoms with van der Waals surface area (Å²) in [5.41, 5.74) is 1.45. The zero-order valence-corrected chi connectivity index (χ0v) is 12.3. The van der Waals surface area contributed by atoms with Crippen molar-refractivity contribution in [1.29, 1.82) is 5.26 Å². The van der Waals surface area contributed by atoms with Crippen LogP contribution >= 0.6 is 0 Å². The number of carboxylic acid groups (broad SMARTS) is 1. The molecule has 0 unspecified atom stereocenters. The van der Waals surface area contributed by atoms with Gasteiger partial charge in [0.25, 0.3) is 0 Å². The van der Waals surface area contributed by atoms with E-state index in [1.54, 1.807) is 0 Å². The summed E-state index contributed by atoms with van der Waals surface area (Å²) in [7, 11) is 2.90. The summed E-state index contributed by atoms with van der Waals surface area (Å²) < 4.78 is 10.6. The van der Waals surface area contributed by atoms with Gasteiger partial charge in [-0.25, -0.2) is 4.79 Å². The molecule has 0 atom stereocenters. The number of carbonyl (C=O) groups is 1. The van der Waals surface area contributed by atoms with E-state index < -0.39 is 5.97 Å². The number of nitriles is 1. The predicted octanol–water partition coefficient (Wildman–Crippen LogP) is 2.86. The molecule has 0 aromatic heterocycles. The molecule has 5 nitrogen and oxygen atoms in total. The van der Waals surface area contributed by atoms with Gasteiger partial charge in [-0.1, -0.05) is 30.3 Å². The molecule has 5 heteroatoms. The molecule has 2 rings (SSSR count). The fourth-order valence-electron chi connectivity index (χ4n) is 2.33. The molecule has 0 aliphatic heterocycles. The number of aromatic carboxylic acids is 1. The number of methoxy groups -OCH3 is 2. The maximum absolute atomic E-state index is 11.4. The van der Waals surface area contributed by atoms with Crippen LogP contribution in [-0.2, 0) is 6.42 Å². The van der Waals surface area contributed by atoms with Crippen molar-refractivity contribution in [3.63, 3.8) is 0 Å². The summed E-state index contributed by atoms with van der Waals surface area (Å²) in [6.45, 7) is 0. The van der Waals surface area contributed by atoms with Crippen molar-refractivity contribution < 1.29 is 19.4 Å². The maximum atomic E-state index is 11.4. The third kappa shape index (κ3) is 2.86. The van der Waals surface area contributed by atoms with Crippen molar-refractivity contribution in [2.24, 2.45) is 0 Å². The molecule has 0 bridgehead atoms. The Hall–Kier alpha value is -3.00. The Labute approximate surface area is 128 Å². The Morgan fingerprint density at radius 1 is 1.23 bits per heavy atom. The van der Waals surface area contributed by atoms with Crippen LogP contribution in [0.2, 0.25) is 0 Å². The van der Waals surface area contributed by atoms with Crippen molar-refractivity contribution in [2.75, 3.05) is 14.2 Å². The van der Waals surface area contributed by atoms with E-state index in [1.807, 2.05) is 36.4 Å². The minimum absolute atomic E-state index is 0.0916. The Morgan fingerprint density at radius 2 is 1.91 bits per heavy atom. The molecular formula is C17H15NO4. The van der Waals surface area contributed by atoms with Crippen LogP contribution in [0.5, 0.6) is 11.5 Å². The molecule has 0 saturated heterocycles. The highest BCUT2D eigenvalue weighted by molar-refractivity contribution is 5.92. The number of carboxylic acids is 1. The summed E-state index contributed by atoms with van der Waals surface area (Å²) in [6, 6.07) is 12.7. The van der Waals surface area contributed by atoms with E-state index in [4.69, 9.17) is 9.47 Å². The lowest BCUT2D eigenvalue weighted by atomic mass is 9.94. The molecule has 0 aliphatic rings. The zero-order valence-electron chi connectivity index (χ0n) is 12.3.